The standard InChI is InChI=1S/C14H24N2O2S/c1-11(2)10-13-4-6-14(7-5-13)19(17,18)16-9-8-12(3)15/h4-7,11-12,16H,8-10,15H2,1-3H3. The highest BCUT2D eigenvalue weighted by Gasteiger charge is 2.13. The molecule has 1 unspecified atom stereocenters. The van der Waals surface area contributed by atoms with Crippen LogP contribution in [0.2, 0.25) is 0 Å². The van der Waals surface area contributed by atoms with Crippen molar-refractivity contribution in [2.75, 3.05) is 6.54 Å². The summed E-state index contributed by atoms with van der Waals surface area (Å²) >= 11 is 0. The monoisotopic (exact) mass is 284 g/mol. The van der Waals surface area contributed by atoms with E-state index in [0.29, 0.717) is 23.8 Å². The highest BCUT2D eigenvalue weighted by atomic mass is 32.2. The summed E-state index contributed by atoms with van der Waals surface area (Å²) in [6.45, 7) is 6.50. The van der Waals surface area contributed by atoms with Crippen LogP contribution in [0.5, 0.6) is 0 Å². The zero-order chi connectivity index (χ0) is 14.5. The number of sulfonamides is 1. The van der Waals surface area contributed by atoms with Crippen LogP contribution < -0.4 is 10.5 Å². The van der Waals surface area contributed by atoms with E-state index >= 15 is 0 Å². The molecule has 1 aromatic carbocycles. The molecular formula is C14H24N2O2S. The highest BCUT2D eigenvalue weighted by Crippen LogP contribution is 2.13. The lowest BCUT2D eigenvalue weighted by molar-refractivity contribution is 0.571. The summed E-state index contributed by atoms with van der Waals surface area (Å²) in [6.07, 6.45) is 1.59. The molecule has 0 saturated heterocycles. The van der Waals surface area contributed by atoms with Gasteiger partial charge in [-0.2, -0.15) is 0 Å². The van der Waals surface area contributed by atoms with Crippen LogP contribution >= 0.6 is 0 Å². The first-order chi connectivity index (χ1) is 8.81. The van der Waals surface area contributed by atoms with Gasteiger partial charge in [-0.15, -0.1) is 0 Å². The van der Waals surface area contributed by atoms with E-state index in [1.54, 1.807) is 12.1 Å². The Kier molecular flexibility index (Phi) is 5.97. The molecular weight excluding hydrogens is 260 g/mol. The molecule has 0 fully saturated rings. The first kappa shape index (κ1) is 16.1. The first-order valence-corrected chi connectivity index (χ1v) is 8.14. The maximum Gasteiger partial charge on any atom is 0.240 e. The first-order valence-electron chi connectivity index (χ1n) is 6.65. The summed E-state index contributed by atoms with van der Waals surface area (Å²) in [6, 6.07) is 7.06. The topological polar surface area (TPSA) is 72.2 Å². The fraction of sp³-hybridized carbons (Fsp3) is 0.571. The minimum Gasteiger partial charge on any atom is -0.328 e. The molecule has 0 aliphatic carbocycles. The lowest BCUT2D eigenvalue weighted by Crippen LogP contribution is -2.29. The fourth-order valence-corrected chi connectivity index (χ4v) is 2.83. The molecule has 0 saturated carbocycles. The summed E-state index contributed by atoms with van der Waals surface area (Å²) in [7, 11) is -3.41. The van der Waals surface area contributed by atoms with Crippen molar-refractivity contribution in [1.29, 1.82) is 0 Å². The lowest BCUT2D eigenvalue weighted by Gasteiger charge is -2.09. The zero-order valence-electron chi connectivity index (χ0n) is 11.9. The van der Waals surface area contributed by atoms with Crippen LogP contribution in [0.15, 0.2) is 29.2 Å². The molecule has 1 aromatic rings. The van der Waals surface area contributed by atoms with Crippen molar-refractivity contribution in [2.45, 2.75) is 44.6 Å². The van der Waals surface area contributed by atoms with Gasteiger partial charge >= 0.3 is 0 Å². The smallest absolute Gasteiger partial charge is 0.240 e. The summed E-state index contributed by atoms with van der Waals surface area (Å²) in [5.74, 6) is 0.562. The summed E-state index contributed by atoms with van der Waals surface area (Å²) in [5.41, 5.74) is 6.75. The van der Waals surface area contributed by atoms with Crippen molar-refractivity contribution < 1.29 is 8.42 Å². The third-order valence-electron chi connectivity index (χ3n) is 2.77. The number of benzene rings is 1. The van der Waals surface area contributed by atoms with Gasteiger partial charge in [0.1, 0.15) is 0 Å². The SMILES string of the molecule is CC(C)Cc1ccc(S(=O)(=O)NCCC(C)N)cc1. The number of rotatable bonds is 7. The van der Waals surface area contributed by atoms with E-state index in [9.17, 15) is 8.42 Å². The zero-order valence-corrected chi connectivity index (χ0v) is 12.7. The minimum atomic E-state index is -3.41. The maximum atomic E-state index is 12.0. The molecule has 0 heterocycles. The van der Waals surface area contributed by atoms with Gasteiger partial charge in [-0.25, -0.2) is 13.1 Å². The predicted molar refractivity (Wildman–Crippen MR) is 78.4 cm³/mol. The summed E-state index contributed by atoms with van der Waals surface area (Å²) < 4.78 is 26.5. The van der Waals surface area contributed by atoms with Gasteiger partial charge in [0.2, 0.25) is 10.0 Å². The molecule has 108 valence electrons. The van der Waals surface area contributed by atoms with Gasteiger partial charge in [-0.1, -0.05) is 26.0 Å². The molecule has 0 aliphatic heterocycles. The molecule has 1 atom stereocenters. The van der Waals surface area contributed by atoms with Crippen molar-refractivity contribution in [3.8, 4) is 0 Å². The van der Waals surface area contributed by atoms with Gasteiger partial charge < -0.3 is 5.73 Å². The summed E-state index contributed by atoms with van der Waals surface area (Å²) in [4.78, 5) is 0.310. The van der Waals surface area contributed by atoms with Crippen LogP contribution in [0.1, 0.15) is 32.8 Å². The van der Waals surface area contributed by atoms with Crippen LogP contribution in [0.4, 0.5) is 0 Å². The molecule has 5 heteroatoms. The van der Waals surface area contributed by atoms with Crippen molar-refractivity contribution in [3.63, 3.8) is 0 Å². The normalized spacial score (nSPS) is 13.7. The highest BCUT2D eigenvalue weighted by molar-refractivity contribution is 7.89. The Morgan fingerprint density at radius 1 is 1.16 bits per heavy atom. The van der Waals surface area contributed by atoms with Gasteiger partial charge in [0.25, 0.3) is 0 Å². The Bertz CT molecular complexity index is 479. The minimum absolute atomic E-state index is 0.00359. The quantitative estimate of drug-likeness (QED) is 0.803. The molecule has 19 heavy (non-hydrogen) atoms. The average Bonchev–Trinajstić information content (AvgIpc) is 2.28. The van der Waals surface area contributed by atoms with Gasteiger partial charge in [-0.05, 0) is 43.4 Å². The second-order valence-corrected chi connectivity index (χ2v) is 7.17. The molecule has 4 nitrogen and oxygen atoms in total. The Morgan fingerprint density at radius 2 is 1.74 bits per heavy atom. The van der Waals surface area contributed by atoms with E-state index in [-0.39, 0.29) is 6.04 Å². The van der Waals surface area contributed by atoms with E-state index in [4.69, 9.17) is 5.73 Å². The third-order valence-corrected chi connectivity index (χ3v) is 4.25. The van der Waals surface area contributed by atoms with Crippen LogP contribution in [-0.4, -0.2) is 21.0 Å². The maximum absolute atomic E-state index is 12.0. The van der Waals surface area contributed by atoms with Crippen molar-refractivity contribution in [2.24, 2.45) is 11.7 Å². The predicted octanol–water partition coefficient (Wildman–Crippen LogP) is 1.90. The van der Waals surface area contributed by atoms with Gasteiger partial charge in [-0.3, -0.25) is 0 Å². The molecule has 0 aliphatic rings. The molecule has 0 spiro atoms. The van der Waals surface area contributed by atoms with E-state index in [2.05, 4.69) is 18.6 Å². The van der Waals surface area contributed by atoms with E-state index in [0.717, 1.165) is 12.0 Å². The van der Waals surface area contributed by atoms with Crippen molar-refractivity contribution >= 4 is 10.0 Å². The van der Waals surface area contributed by atoms with E-state index in [1.807, 2.05) is 19.1 Å². The Labute approximate surface area is 116 Å². The Morgan fingerprint density at radius 3 is 2.21 bits per heavy atom. The fourth-order valence-electron chi connectivity index (χ4n) is 1.78. The molecule has 0 bridgehead atoms. The van der Waals surface area contributed by atoms with Crippen LogP contribution in [0.3, 0.4) is 0 Å². The number of hydrogen-bond acceptors (Lipinski definition) is 3. The van der Waals surface area contributed by atoms with Crippen LogP contribution in [0, 0.1) is 5.92 Å². The van der Waals surface area contributed by atoms with Crippen molar-refractivity contribution in [3.05, 3.63) is 29.8 Å². The Balaban J connectivity index is 2.68. The average molecular weight is 284 g/mol. The molecule has 0 amide bonds. The molecule has 1 rings (SSSR count). The molecule has 0 aromatic heterocycles. The van der Waals surface area contributed by atoms with E-state index < -0.39 is 10.0 Å². The molecule has 0 radical (unpaired) electrons. The van der Waals surface area contributed by atoms with Gasteiger partial charge in [0.05, 0.1) is 4.90 Å². The third kappa shape index (κ3) is 5.72. The van der Waals surface area contributed by atoms with Crippen LogP contribution in [0.25, 0.3) is 0 Å². The second-order valence-electron chi connectivity index (χ2n) is 5.41. The largest absolute Gasteiger partial charge is 0.328 e. The van der Waals surface area contributed by atoms with Gasteiger partial charge in [0.15, 0.2) is 0 Å². The Hall–Kier alpha value is -0.910. The number of hydrogen-bond donors (Lipinski definition) is 2. The van der Waals surface area contributed by atoms with Crippen LogP contribution in [-0.2, 0) is 16.4 Å². The lowest BCUT2D eigenvalue weighted by atomic mass is 10.0. The molecule has 3 N–H and O–H groups in total. The van der Waals surface area contributed by atoms with E-state index in [1.165, 1.54) is 0 Å². The van der Waals surface area contributed by atoms with Gasteiger partial charge in [0, 0.05) is 12.6 Å². The number of nitrogens with two attached hydrogens (primary N) is 1. The van der Waals surface area contributed by atoms with Crippen molar-refractivity contribution in [1.82, 2.24) is 4.72 Å². The summed E-state index contributed by atoms with van der Waals surface area (Å²) in [5, 5.41) is 0. The number of nitrogens with one attached hydrogen (secondary N) is 1. The second kappa shape index (κ2) is 7.03.